The second kappa shape index (κ2) is 7.75. The molecule has 0 amide bonds. The number of hydrogen-bond acceptors (Lipinski definition) is 1. The SMILES string of the molecule is CC(C)CCC[C@@H](C)[C@H]1CCC2C3=C(CC[C@@]21C)[C@@]1(C)CC[C@H](O)C[C@@H]1CC3. The summed E-state index contributed by atoms with van der Waals surface area (Å²) in [4.78, 5) is 0. The molecule has 1 N–H and O–H groups in total. The lowest BCUT2D eigenvalue weighted by Gasteiger charge is -2.55. The van der Waals surface area contributed by atoms with Crippen LogP contribution in [0.4, 0.5) is 0 Å². The number of rotatable bonds is 5. The van der Waals surface area contributed by atoms with Crippen molar-refractivity contribution in [1.29, 1.82) is 0 Å². The maximum absolute atomic E-state index is 10.2. The van der Waals surface area contributed by atoms with Gasteiger partial charge in [-0.25, -0.2) is 0 Å². The molecule has 0 aromatic rings. The molecular weight excluding hydrogens is 340 g/mol. The summed E-state index contributed by atoms with van der Waals surface area (Å²) in [7, 11) is 0. The van der Waals surface area contributed by atoms with E-state index in [0.717, 1.165) is 42.4 Å². The van der Waals surface area contributed by atoms with Crippen LogP contribution in [0.25, 0.3) is 0 Å². The molecule has 0 radical (unpaired) electrons. The highest BCUT2D eigenvalue weighted by molar-refractivity contribution is 5.34. The average molecular weight is 387 g/mol. The Morgan fingerprint density at radius 1 is 0.964 bits per heavy atom. The molecule has 1 unspecified atom stereocenters. The van der Waals surface area contributed by atoms with Crippen LogP contribution in [-0.2, 0) is 0 Å². The predicted molar refractivity (Wildman–Crippen MR) is 119 cm³/mol. The van der Waals surface area contributed by atoms with Gasteiger partial charge in [0.2, 0.25) is 0 Å². The Kier molecular flexibility index (Phi) is 5.80. The van der Waals surface area contributed by atoms with Gasteiger partial charge in [-0.05, 0) is 98.2 Å². The zero-order valence-corrected chi connectivity index (χ0v) is 19.4. The van der Waals surface area contributed by atoms with Gasteiger partial charge in [0.1, 0.15) is 0 Å². The molecule has 4 rings (SSSR count). The van der Waals surface area contributed by atoms with Crippen LogP contribution in [0.1, 0.15) is 112 Å². The van der Waals surface area contributed by atoms with Gasteiger partial charge in [0.25, 0.3) is 0 Å². The van der Waals surface area contributed by atoms with Gasteiger partial charge < -0.3 is 5.11 Å². The van der Waals surface area contributed by atoms with E-state index < -0.39 is 0 Å². The summed E-state index contributed by atoms with van der Waals surface area (Å²) in [5.41, 5.74) is 4.77. The van der Waals surface area contributed by atoms with Crippen molar-refractivity contribution >= 4 is 0 Å². The lowest BCUT2D eigenvalue weighted by atomic mass is 9.50. The van der Waals surface area contributed by atoms with E-state index in [1.54, 1.807) is 0 Å². The number of aliphatic hydroxyl groups is 1. The molecule has 1 nitrogen and oxygen atoms in total. The highest BCUT2D eigenvalue weighted by Crippen LogP contribution is 2.66. The first kappa shape index (κ1) is 21.0. The van der Waals surface area contributed by atoms with Crippen molar-refractivity contribution in [3.8, 4) is 0 Å². The Morgan fingerprint density at radius 2 is 1.75 bits per heavy atom. The number of allylic oxidation sites excluding steroid dienone is 2. The van der Waals surface area contributed by atoms with Gasteiger partial charge >= 0.3 is 0 Å². The molecule has 4 aliphatic carbocycles. The zero-order chi connectivity index (χ0) is 20.1. The monoisotopic (exact) mass is 386 g/mol. The molecule has 2 fully saturated rings. The minimum Gasteiger partial charge on any atom is -0.393 e. The van der Waals surface area contributed by atoms with Gasteiger partial charge in [-0.15, -0.1) is 0 Å². The van der Waals surface area contributed by atoms with Crippen molar-refractivity contribution in [2.24, 2.45) is 40.4 Å². The summed E-state index contributed by atoms with van der Waals surface area (Å²) in [6.07, 6.45) is 16.0. The summed E-state index contributed by atoms with van der Waals surface area (Å²) in [5.74, 6) is 4.31. The molecule has 4 aliphatic rings. The summed E-state index contributed by atoms with van der Waals surface area (Å²) < 4.78 is 0. The molecule has 0 heterocycles. The van der Waals surface area contributed by atoms with E-state index in [0.29, 0.717) is 10.8 Å². The molecule has 0 aromatic heterocycles. The Morgan fingerprint density at radius 3 is 2.50 bits per heavy atom. The van der Waals surface area contributed by atoms with E-state index in [1.165, 1.54) is 64.2 Å². The van der Waals surface area contributed by atoms with Crippen LogP contribution in [0, 0.1) is 40.4 Å². The fourth-order valence-electron chi connectivity index (χ4n) is 8.46. The van der Waals surface area contributed by atoms with Crippen LogP contribution >= 0.6 is 0 Å². The van der Waals surface area contributed by atoms with E-state index >= 15 is 0 Å². The number of aliphatic hydroxyl groups excluding tert-OH is 1. The second-order valence-corrected chi connectivity index (χ2v) is 12.1. The normalized spacial score (nSPS) is 44.2. The molecule has 1 heteroatoms. The van der Waals surface area contributed by atoms with Crippen LogP contribution < -0.4 is 0 Å². The quantitative estimate of drug-likeness (QED) is 0.484. The minimum atomic E-state index is -0.0309. The maximum Gasteiger partial charge on any atom is 0.0543 e. The molecule has 2 saturated carbocycles. The van der Waals surface area contributed by atoms with Crippen LogP contribution in [0.2, 0.25) is 0 Å². The summed E-state index contributed by atoms with van der Waals surface area (Å²) in [6, 6.07) is 0. The third-order valence-electron chi connectivity index (χ3n) is 10.2. The molecule has 0 spiro atoms. The largest absolute Gasteiger partial charge is 0.393 e. The van der Waals surface area contributed by atoms with E-state index in [1.807, 2.05) is 11.1 Å². The Bertz CT molecular complexity index is 603. The van der Waals surface area contributed by atoms with E-state index in [9.17, 15) is 5.11 Å². The van der Waals surface area contributed by atoms with Gasteiger partial charge in [-0.2, -0.15) is 0 Å². The van der Waals surface area contributed by atoms with Crippen LogP contribution in [-0.4, -0.2) is 11.2 Å². The second-order valence-electron chi connectivity index (χ2n) is 12.1. The number of fused-ring (bicyclic) bond motifs is 4. The summed E-state index contributed by atoms with van der Waals surface area (Å²) in [6.45, 7) is 12.6. The molecule has 0 aromatic carbocycles. The van der Waals surface area contributed by atoms with Crippen molar-refractivity contribution in [3.63, 3.8) is 0 Å². The van der Waals surface area contributed by atoms with Crippen LogP contribution in [0.3, 0.4) is 0 Å². The lowest BCUT2D eigenvalue weighted by Crippen LogP contribution is -2.45. The summed E-state index contributed by atoms with van der Waals surface area (Å²) >= 11 is 0. The van der Waals surface area contributed by atoms with E-state index in [4.69, 9.17) is 0 Å². The minimum absolute atomic E-state index is 0.0309. The molecule has 0 saturated heterocycles. The lowest BCUT2D eigenvalue weighted by molar-refractivity contribution is 0.0132. The molecule has 0 aliphatic heterocycles. The third kappa shape index (κ3) is 3.42. The fourth-order valence-corrected chi connectivity index (χ4v) is 8.46. The summed E-state index contributed by atoms with van der Waals surface area (Å²) in [5, 5.41) is 10.2. The number of hydrogen-bond donors (Lipinski definition) is 1. The van der Waals surface area contributed by atoms with E-state index in [-0.39, 0.29) is 6.10 Å². The standard InChI is InChI=1S/C27H46O/c1-18(2)7-6-8-19(3)23-11-12-24-22-10-9-20-17-21(28)13-15-26(20,4)25(22)14-16-27(23,24)5/h18-21,23-24,28H,6-17H2,1-5H3/t19-,20+,21+,23-,24?,26+,27-/m1/s1. The average Bonchev–Trinajstić information content (AvgIpc) is 2.99. The van der Waals surface area contributed by atoms with Crippen molar-refractivity contribution in [2.75, 3.05) is 0 Å². The molecule has 7 atom stereocenters. The highest BCUT2D eigenvalue weighted by Gasteiger charge is 2.55. The van der Waals surface area contributed by atoms with Crippen LogP contribution in [0.5, 0.6) is 0 Å². The van der Waals surface area contributed by atoms with Crippen molar-refractivity contribution in [3.05, 3.63) is 11.1 Å². The zero-order valence-electron chi connectivity index (χ0n) is 19.4. The molecule has 28 heavy (non-hydrogen) atoms. The van der Waals surface area contributed by atoms with Gasteiger partial charge in [0.05, 0.1) is 6.10 Å². The predicted octanol–water partition coefficient (Wildman–Crippen LogP) is 7.53. The molecule has 160 valence electrons. The fraction of sp³-hybridized carbons (Fsp3) is 0.926. The highest BCUT2D eigenvalue weighted by atomic mass is 16.3. The van der Waals surface area contributed by atoms with Gasteiger partial charge in [-0.1, -0.05) is 65.0 Å². The third-order valence-corrected chi connectivity index (χ3v) is 10.2. The van der Waals surface area contributed by atoms with Gasteiger partial charge in [-0.3, -0.25) is 0 Å². The topological polar surface area (TPSA) is 20.2 Å². The van der Waals surface area contributed by atoms with Gasteiger partial charge in [0.15, 0.2) is 0 Å². The maximum atomic E-state index is 10.2. The first-order valence-corrected chi connectivity index (χ1v) is 12.7. The van der Waals surface area contributed by atoms with Crippen molar-refractivity contribution < 1.29 is 5.11 Å². The molecule has 0 bridgehead atoms. The smallest absolute Gasteiger partial charge is 0.0543 e. The van der Waals surface area contributed by atoms with Crippen LogP contribution in [0.15, 0.2) is 11.1 Å². The van der Waals surface area contributed by atoms with E-state index in [2.05, 4.69) is 34.6 Å². The molecular formula is C27H46O. The first-order valence-electron chi connectivity index (χ1n) is 12.7. The Balaban J connectivity index is 1.52. The van der Waals surface area contributed by atoms with Gasteiger partial charge in [0, 0.05) is 0 Å². The Hall–Kier alpha value is -0.300. The first-order chi connectivity index (χ1) is 13.3. The van der Waals surface area contributed by atoms with Crippen molar-refractivity contribution in [2.45, 2.75) is 118 Å². The van der Waals surface area contributed by atoms with Crippen molar-refractivity contribution in [1.82, 2.24) is 0 Å². The Labute approximate surface area is 174 Å².